The number of aryl methyl sites for hydroxylation is 2. The Morgan fingerprint density at radius 2 is 1.76 bits per heavy atom. The van der Waals surface area contributed by atoms with Crippen LogP contribution in [0.15, 0.2) is 54.6 Å². The molecule has 0 saturated carbocycles. The summed E-state index contributed by atoms with van der Waals surface area (Å²) in [5.41, 5.74) is 3.98. The highest BCUT2D eigenvalue weighted by Gasteiger charge is 2.12. The van der Waals surface area contributed by atoms with Crippen molar-refractivity contribution < 1.29 is 9.53 Å². The fourth-order valence-corrected chi connectivity index (χ4v) is 2.77. The molecule has 0 unspecified atom stereocenters. The second-order valence-corrected chi connectivity index (χ2v) is 7.17. The third kappa shape index (κ3) is 5.78. The van der Waals surface area contributed by atoms with Crippen molar-refractivity contribution in [3.05, 3.63) is 77.1 Å². The Bertz CT molecular complexity index is 984. The van der Waals surface area contributed by atoms with E-state index in [9.17, 15) is 4.79 Å². The summed E-state index contributed by atoms with van der Waals surface area (Å²) < 4.78 is 5.82. The number of aromatic nitrogens is 2. The van der Waals surface area contributed by atoms with Crippen LogP contribution in [-0.4, -0.2) is 22.0 Å². The van der Waals surface area contributed by atoms with E-state index in [-0.39, 0.29) is 12.0 Å². The second kappa shape index (κ2) is 9.19. The van der Waals surface area contributed by atoms with Gasteiger partial charge in [-0.05, 0) is 51.5 Å². The van der Waals surface area contributed by atoms with Crippen molar-refractivity contribution in [3.63, 3.8) is 0 Å². The Kier molecular flexibility index (Phi) is 6.44. The lowest BCUT2D eigenvalue weighted by atomic mass is 10.1. The molecule has 6 nitrogen and oxygen atoms in total. The highest BCUT2D eigenvalue weighted by molar-refractivity contribution is 5.92. The van der Waals surface area contributed by atoms with Crippen molar-refractivity contribution in [1.29, 1.82) is 0 Å². The zero-order valence-electron chi connectivity index (χ0n) is 17.2. The molecule has 1 heterocycles. The van der Waals surface area contributed by atoms with Gasteiger partial charge in [0.1, 0.15) is 11.4 Å². The van der Waals surface area contributed by atoms with Crippen LogP contribution >= 0.6 is 0 Å². The van der Waals surface area contributed by atoms with Crippen LogP contribution in [0.2, 0.25) is 0 Å². The molecule has 1 aromatic heterocycles. The van der Waals surface area contributed by atoms with E-state index in [4.69, 9.17) is 4.74 Å². The fraction of sp³-hybridized carbons (Fsp3) is 0.261. The largest absolute Gasteiger partial charge is 0.489 e. The minimum Gasteiger partial charge on any atom is -0.489 e. The topological polar surface area (TPSA) is 76.1 Å². The molecule has 0 radical (unpaired) electrons. The predicted molar refractivity (Wildman–Crippen MR) is 115 cm³/mol. The molecule has 0 bridgehead atoms. The molecule has 0 aliphatic carbocycles. The van der Waals surface area contributed by atoms with Crippen LogP contribution in [0.3, 0.4) is 0 Å². The molecule has 6 heteroatoms. The van der Waals surface area contributed by atoms with E-state index < -0.39 is 0 Å². The maximum atomic E-state index is 12.6. The molecule has 2 N–H and O–H groups in total. The molecule has 1 amide bonds. The first-order chi connectivity index (χ1) is 13.9. The van der Waals surface area contributed by atoms with E-state index >= 15 is 0 Å². The third-order valence-corrected chi connectivity index (χ3v) is 4.16. The summed E-state index contributed by atoms with van der Waals surface area (Å²) in [5.74, 6) is 0.814. The van der Waals surface area contributed by atoms with Crippen molar-refractivity contribution in [3.8, 4) is 5.75 Å². The highest BCUT2D eigenvalue weighted by atomic mass is 16.5. The summed E-state index contributed by atoms with van der Waals surface area (Å²) in [7, 11) is 0. The summed E-state index contributed by atoms with van der Waals surface area (Å²) in [5, 5.41) is 6.08. The summed E-state index contributed by atoms with van der Waals surface area (Å²) in [4.78, 5) is 21.4. The van der Waals surface area contributed by atoms with Crippen molar-refractivity contribution in [2.45, 2.75) is 40.3 Å². The average molecular weight is 390 g/mol. The summed E-state index contributed by atoms with van der Waals surface area (Å²) in [6.45, 7) is 8.24. The van der Waals surface area contributed by atoms with Crippen molar-refractivity contribution in [1.82, 2.24) is 15.3 Å². The monoisotopic (exact) mass is 390 g/mol. The lowest BCUT2D eigenvalue weighted by molar-refractivity contribution is 0.0945. The summed E-state index contributed by atoms with van der Waals surface area (Å²) in [6.07, 6.45) is 0.0412. The van der Waals surface area contributed by atoms with Gasteiger partial charge >= 0.3 is 0 Å². The van der Waals surface area contributed by atoms with Gasteiger partial charge in [0.15, 0.2) is 0 Å². The Labute approximate surface area is 171 Å². The van der Waals surface area contributed by atoms with Gasteiger partial charge in [-0.25, -0.2) is 9.97 Å². The molecule has 0 fully saturated rings. The standard InChI is InChI=1S/C23H26N4O2/c1-15(2)29-21-8-6-5-7-19(21)26-23-25-17(4)13-20(27-23)22(28)24-14-18-11-9-16(3)10-12-18/h5-13,15H,14H2,1-4H3,(H,24,28)(H,25,26,27). The molecule has 0 saturated heterocycles. The number of hydrogen-bond donors (Lipinski definition) is 2. The van der Waals surface area contributed by atoms with Crippen LogP contribution in [0, 0.1) is 13.8 Å². The highest BCUT2D eigenvalue weighted by Crippen LogP contribution is 2.27. The van der Waals surface area contributed by atoms with Crippen LogP contribution < -0.4 is 15.4 Å². The lowest BCUT2D eigenvalue weighted by Gasteiger charge is -2.15. The number of benzene rings is 2. The number of nitrogens with one attached hydrogen (secondary N) is 2. The van der Waals surface area contributed by atoms with Gasteiger partial charge in [-0.2, -0.15) is 0 Å². The first-order valence-corrected chi connectivity index (χ1v) is 9.63. The van der Waals surface area contributed by atoms with Crippen LogP contribution in [-0.2, 0) is 6.54 Å². The zero-order chi connectivity index (χ0) is 20.8. The van der Waals surface area contributed by atoms with Gasteiger partial charge in [0.25, 0.3) is 5.91 Å². The van der Waals surface area contributed by atoms with Gasteiger partial charge in [-0.1, -0.05) is 42.0 Å². The fourth-order valence-electron chi connectivity index (χ4n) is 2.77. The first-order valence-electron chi connectivity index (χ1n) is 9.63. The quantitative estimate of drug-likeness (QED) is 0.619. The lowest BCUT2D eigenvalue weighted by Crippen LogP contribution is -2.24. The van der Waals surface area contributed by atoms with E-state index in [1.807, 2.05) is 76.2 Å². The Hall–Kier alpha value is -3.41. The van der Waals surface area contributed by atoms with E-state index in [1.165, 1.54) is 5.56 Å². The van der Waals surface area contributed by atoms with E-state index in [1.54, 1.807) is 6.07 Å². The van der Waals surface area contributed by atoms with Gasteiger partial charge in [-0.15, -0.1) is 0 Å². The minimum atomic E-state index is -0.245. The molecule has 3 aromatic rings. The van der Waals surface area contributed by atoms with Crippen molar-refractivity contribution in [2.75, 3.05) is 5.32 Å². The average Bonchev–Trinajstić information content (AvgIpc) is 2.68. The summed E-state index contributed by atoms with van der Waals surface area (Å²) >= 11 is 0. The Morgan fingerprint density at radius 3 is 2.48 bits per heavy atom. The maximum absolute atomic E-state index is 12.6. The molecule has 150 valence electrons. The van der Waals surface area contributed by atoms with Crippen molar-refractivity contribution in [2.24, 2.45) is 0 Å². The number of nitrogens with zero attached hydrogens (tertiary/aromatic N) is 2. The molecule has 0 aliphatic heterocycles. The SMILES string of the molecule is Cc1ccc(CNC(=O)c2cc(C)nc(Nc3ccccc3OC(C)C)n2)cc1. The second-order valence-electron chi connectivity index (χ2n) is 7.17. The van der Waals surface area contributed by atoms with Gasteiger partial charge in [0, 0.05) is 12.2 Å². The Morgan fingerprint density at radius 1 is 1.03 bits per heavy atom. The van der Waals surface area contributed by atoms with Crippen molar-refractivity contribution >= 4 is 17.5 Å². The van der Waals surface area contributed by atoms with Gasteiger partial charge in [-0.3, -0.25) is 4.79 Å². The molecule has 0 spiro atoms. The van der Waals surface area contributed by atoms with Gasteiger partial charge in [0.05, 0.1) is 11.8 Å². The van der Waals surface area contributed by atoms with E-state index in [2.05, 4.69) is 20.6 Å². The van der Waals surface area contributed by atoms with E-state index in [0.29, 0.717) is 29.6 Å². The number of anilines is 2. The minimum absolute atomic E-state index is 0.0412. The molecule has 0 aliphatic rings. The van der Waals surface area contributed by atoms with Crippen LogP contribution in [0.4, 0.5) is 11.6 Å². The zero-order valence-corrected chi connectivity index (χ0v) is 17.2. The van der Waals surface area contributed by atoms with E-state index in [0.717, 1.165) is 11.3 Å². The smallest absolute Gasteiger partial charge is 0.270 e. The molecule has 2 aromatic carbocycles. The molecule has 29 heavy (non-hydrogen) atoms. The normalized spacial score (nSPS) is 10.7. The number of carbonyl (C=O) groups is 1. The number of amides is 1. The molecule has 0 atom stereocenters. The number of ether oxygens (including phenoxy) is 1. The number of para-hydroxylation sites is 2. The maximum Gasteiger partial charge on any atom is 0.270 e. The number of hydrogen-bond acceptors (Lipinski definition) is 5. The number of rotatable bonds is 7. The Balaban J connectivity index is 1.74. The molecular formula is C23H26N4O2. The van der Waals surface area contributed by atoms with Gasteiger partial charge < -0.3 is 15.4 Å². The molecule has 3 rings (SSSR count). The summed E-state index contributed by atoms with van der Waals surface area (Å²) in [6, 6.07) is 17.3. The van der Waals surface area contributed by atoms with Crippen LogP contribution in [0.25, 0.3) is 0 Å². The van der Waals surface area contributed by atoms with Crippen LogP contribution in [0.5, 0.6) is 5.75 Å². The van der Waals surface area contributed by atoms with Gasteiger partial charge in [0.2, 0.25) is 5.95 Å². The third-order valence-electron chi connectivity index (χ3n) is 4.16. The predicted octanol–water partition coefficient (Wildman–Crippen LogP) is 4.55. The number of carbonyl (C=O) groups excluding carboxylic acids is 1. The molecular weight excluding hydrogens is 364 g/mol. The van der Waals surface area contributed by atoms with Crippen LogP contribution in [0.1, 0.15) is 41.2 Å². The first kappa shape index (κ1) is 20.3.